The van der Waals surface area contributed by atoms with E-state index < -0.39 is 5.60 Å². The van der Waals surface area contributed by atoms with E-state index in [0.717, 1.165) is 77.2 Å². The molecule has 0 aromatic rings. The molecule has 1 unspecified atom stereocenters. The summed E-state index contributed by atoms with van der Waals surface area (Å²) in [4.78, 5) is 0. The highest BCUT2D eigenvalue weighted by Crippen LogP contribution is 2.41. The molecule has 0 aromatic heterocycles. The number of rotatable bonds is 16. The van der Waals surface area contributed by atoms with Crippen molar-refractivity contribution in [1.29, 1.82) is 0 Å². The van der Waals surface area contributed by atoms with Crippen LogP contribution in [0.25, 0.3) is 0 Å². The number of aliphatic hydroxyl groups excluding tert-OH is 2. The summed E-state index contributed by atoms with van der Waals surface area (Å²) in [6, 6.07) is 0. The quantitative estimate of drug-likeness (QED) is 0.271. The van der Waals surface area contributed by atoms with Crippen molar-refractivity contribution in [3.8, 4) is 0 Å². The molecule has 4 nitrogen and oxygen atoms in total. The third-order valence-electron chi connectivity index (χ3n) is 5.46. The molecule has 27 heavy (non-hydrogen) atoms. The Balaban J connectivity index is 2.54. The van der Waals surface area contributed by atoms with Gasteiger partial charge in [0, 0.05) is 25.7 Å². The largest absolute Gasteiger partial charge is 0.396 e. The van der Waals surface area contributed by atoms with Gasteiger partial charge >= 0.3 is 0 Å². The molecule has 1 aliphatic rings. The summed E-state index contributed by atoms with van der Waals surface area (Å²) < 4.78 is 6.04. The second-order valence-corrected chi connectivity index (χ2v) is 7.83. The highest BCUT2D eigenvalue weighted by molar-refractivity contribution is 5.10. The minimum absolute atomic E-state index is 0.0589. The Kier molecular flexibility index (Phi) is 13.8. The van der Waals surface area contributed by atoms with Gasteiger partial charge < -0.3 is 20.1 Å². The van der Waals surface area contributed by atoms with Gasteiger partial charge in [0.1, 0.15) is 0 Å². The van der Waals surface area contributed by atoms with Crippen LogP contribution >= 0.6 is 0 Å². The first-order chi connectivity index (χ1) is 13.2. The van der Waals surface area contributed by atoms with Crippen LogP contribution in [-0.2, 0) is 4.74 Å². The minimum Gasteiger partial charge on any atom is -0.396 e. The summed E-state index contributed by atoms with van der Waals surface area (Å²) in [6.07, 6.45) is 20.2. The highest BCUT2D eigenvalue weighted by Gasteiger charge is 2.45. The van der Waals surface area contributed by atoms with Gasteiger partial charge in [-0.1, -0.05) is 44.1 Å². The van der Waals surface area contributed by atoms with E-state index in [0.29, 0.717) is 6.42 Å². The Hall–Kier alpha value is -0.680. The molecule has 4 heteroatoms. The molecule has 0 spiro atoms. The lowest BCUT2D eigenvalue weighted by molar-refractivity contribution is -0.0277. The Morgan fingerprint density at radius 2 is 1.59 bits per heavy atom. The predicted octanol–water partition coefficient (Wildman–Crippen LogP) is 4.53. The third-order valence-corrected chi connectivity index (χ3v) is 5.46. The summed E-state index contributed by atoms with van der Waals surface area (Å²) in [6.45, 7) is 3.41. The fourth-order valence-corrected chi connectivity index (χ4v) is 3.83. The zero-order chi connectivity index (χ0) is 19.8. The second-order valence-electron chi connectivity index (χ2n) is 7.83. The summed E-state index contributed by atoms with van der Waals surface area (Å²) in [5, 5.41) is 28.9. The summed E-state index contributed by atoms with van der Waals surface area (Å²) >= 11 is 0. The first-order valence-electron chi connectivity index (χ1n) is 11.0. The SMILES string of the molecule is CCCO[C@H]1CCC(O)(CC=CCCCCO)[C@@H]1C=CCCCCCCO. The van der Waals surface area contributed by atoms with Crippen LogP contribution in [0.4, 0.5) is 0 Å². The molecule has 0 heterocycles. The van der Waals surface area contributed by atoms with Crippen LogP contribution in [0.15, 0.2) is 24.3 Å². The lowest BCUT2D eigenvalue weighted by atomic mass is 9.86. The number of aliphatic hydroxyl groups is 3. The van der Waals surface area contributed by atoms with Crippen LogP contribution in [0.3, 0.4) is 0 Å². The number of unbranched alkanes of at least 4 members (excludes halogenated alkanes) is 6. The molecule has 1 fully saturated rings. The van der Waals surface area contributed by atoms with Crippen LogP contribution in [0.1, 0.15) is 84.0 Å². The maximum atomic E-state index is 11.2. The van der Waals surface area contributed by atoms with E-state index in [-0.39, 0.29) is 25.2 Å². The van der Waals surface area contributed by atoms with Crippen molar-refractivity contribution in [3.63, 3.8) is 0 Å². The summed E-state index contributed by atoms with van der Waals surface area (Å²) in [7, 11) is 0. The van der Waals surface area contributed by atoms with Crippen LogP contribution in [0.5, 0.6) is 0 Å². The van der Waals surface area contributed by atoms with E-state index in [2.05, 4.69) is 31.2 Å². The average molecular weight is 383 g/mol. The van der Waals surface area contributed by atoms with Gasteiger partial charge in [-0.15, -0.1) is 0 Å². The second kappa shape index (κ2) is 15.3. The van der Waals surface area contributed by atoms with E-state index in [1.165, 1.54) is 0 Å². The maximum absolute atomic E-state index is 11.2. The van der Waals surface area contributed by atoms with Gasteiger partial charge in [-0.2, -0.15) is 0 Å². The molecule has 0 aromatic carbocycles. The van der Waals surface area contributed by atoms with E-state index in [9.17, 15) is 5.11 Å². The summed E-state index contributed by atoms with van der Waals surface area (Å²) in [5.74, 6) is 0.0589. The van der Waals surface area contributed by atoms with Gasteiger partial charge in [0.2, 0.25) is 0 Å². The summed E-state index contributed by atoms with van der Waals surface area (Å²) in [5.41, 5.74) is -0.709. The van der Waals surface area contributed by atoms with Gasteiger partial charge in [0.15, 0.2) is 0 Å². The van der Waals surface area contributed by atoms with Crippen molar-refractivity contribution in [2.45, 2.75) is 95.7 Å². The predicted molar refractivity (Wildman–Crippen MR) is 112 cm³/mol. The van der Waals surface area contributed by atoms with Crippen molar-refractivity contribution in [1.82, 2.24) is 0 Å². The molecular weight excluding hydrogens is 340 g/mol. The first-order valence-corrected chi connectivity index (χ1v) is 11.0. The Bertz CT molecular complexity index is 407. The monoisotopic (exact) mass is 382 g/mol. The van der Waals surface area contributed by atoms with Gasteiger partial charge in [-0.05, 0) is 64.2 Å². The van der Waals surface area contributed by atoms with Crippen LogP contribution in [-0.4, -0.2) is 46.8 Å². The van der Waals surface area contributed by atoms with Crippen LogP contribution in [0.2, 0.25) is 0 Å². The molecule has 0 bridgehead atoms. The molecule has 0 saturated heterocycles. The molecule has 0 amide bonds. The molecule has 1 rings (SSSR count). The molecule has 3 N–H and O–H groups in total. The Labute approximate surface area is 166 Å². The lowest BCUT2D eigenvalue weighted by Crippen LogP contribution is -2.36. The van der Waals surface area contributed by atoms with Gasteiger partial charge in [-0.25, -0.2) is 0 Å². The number of hydrogen-bond donors (Lipinski definition) is 3. The average Bonchev–Trinajstić information content (AvgIpc) is 2.98. The van der Waals surface area contributed by atoms with Crippen molar-refractivity contribution >= 4 is 0 Å². The fourth-order valence-electron chi connectivity index (χ4n) is 3.83. The molecule has 3 atom stereocenters. The molecule has 1 saturated carbocycles. The van der Waals surface area contributed by atoms with Gasteiger partial charge in [-0.3, -0.25) is 0 Å². The number of ether oxygens (including phenoxy) is 1. The molecule has 1 aliphatic carbocycles. The van der Waals surface area contributed by atoms with Crippen LogP contribution in [0, 0.1) is 5.92 Å². The normalized spacial score (nSPS) is 25.9. The lowest BCUT2D eigenvalue weighted by Gasteiger charge is -2.30. The molecular formula is C23H42O4. The van der Waals surface area contributed by atoms with Crippen molar-refractivity contribution < 1.29 is 20.1 Å². The zero-order valence-electron chi connectivity index (χ0n) is 17.3. The van der Waals surface area contributed by atoms with Crippen molar-refractivity contribution in [2.24, 2.45) is 5.92 Å². The van der Waals surface area contributed by atoms with E-state index in [1.807, 2.05) is 0 Å². The highest BCUT2D eigenvalue weighted by atomic mass is 16.5. The Morgan fingerprint density at radius 3 is 2.33 bits per heavy atom. The standard InChI is InChI=1S/C23H42O4/c1-2-20-27-22-15-17-23(26,16-11-7-5-9-13-19-25)21(22)14-10-6-3-4-8-12-18-24/h7,10-11,14,21-22,24-26H,2-6,8-9,12-13,15-20H2,1H3/t21-,22+,23?/m1/s1. The molecule has 158 valence electrons. The number of hydrogen-bond acceptors (Lipinski definition) is 4. The Morgan fingerprint density at radius 1 is 0.926 bits per heavy atom. The molecule has 0 radical (unpaired) electrons. The fraction of sp³-hybridized carbons (Fsp3) is 0.826. The number of allylic oxidation sites excluding steroid dienone is 2. The van der Waals surface area contributed by atoms with E-state index >= 15 is 0 Å². The van der Waals surface area contributed by atoms with E-state index in [4.69, 9.17) is 14.9 Å². The smallest absolute Gasteiger partial charge is 0.0770 e. The van der Waals surface area contributed by atoms with Crippen LogP contribution < -0.4 is 0 Å². The van der Waals surface area contributed by atoms with Crippen molar-refractivity contribution in [3.05, 3.63) is 24.3 Å². The zero-order valence-corrected chi connectivity index (χ0v) is 17.3. The van der Waals surface area contributed by atoms with Crippen molar-refractivity contribution in [2.75, 3.05) is 19.8 Å². The first kappa shape index (κ1) is 24.4. The van der Waals surface area contributed by atoms with Gasteiger partial charge in [0.25, 0.3) is 0 Å². The minimum atomic E-state index is -0.709. The maximum Gasteiger partial charge on any atom is 0.0770 e. The van der Waals surface area contributed by atoms with Gasteiger partial charge in [0.05, 0.1) is 11.7 Å². The third kappa shape index (κ3) is 9.89. The van der Waals surface area contributed by atoms with E-state index in [1.54, 1.807) is 0 Å². The molecule has 0 aliphatic heterocycles. The topological polar surface area (TPSA) is 69.9 Å².